The van der Waals surface area contributed by atoms with Crippen LogP contribution in [-0.2, 0) is 22.6 Å². The number of hydrogen-bond acceptors (Lipinski definition) is 5. The first-order valence-electron chi connectivity index (χ1n) is 12.8. The number of rotatable bonds is 7. The Morgan fingerprint density at radius 1 is 0.975 bits per heavy atom. The Morgan fingerprint density at radius 2 is 1.73 bits per heavy atom. The van der Waals surface area contributed by atoms with Crippen molar-refractivity contribution >= 4 is 52.0 Å². The molecule has 4 amide bonds. The van der Waals surface area contributed by atoms with Gasteiger partial charge >= 0.3 is 6.03 Å². The number of hydrogen-bond donors (Lipinski definition) is 1. The number of nitrogens with zero attached hydrogens (tertiary/aromatic N) is 1. The molecule has 0 saturated carbocycles. The average molecular weight is 555 g/mol. The first-order chi connectivity index (χ1) is 19.3. The highest BCUT2D eigenvalue weighted by molar-refractivity contribution is 6.39. The number of carbonyl (C=O) groups is 3. The second-order valence-electron chi connectivity index (χ2n) is 9.35. The number of halogens is 1. The highest BCUT2D eigenvalue weighted by atomic mass is 35.5. The van der Waals surface area contributed by atoms with E-state index in [4.69, 9.17) is 21.1 Å². The Hall–Kier alpha value is -4.62. The summed E-state index contributed by atoms with van der Waals surface area (Å²) in [7, 11) is 1.49. The van der Waals surface area contributed by atoms with Crippen LogP contribution in [0, 0.1) is 6.92 Å². The van der Waals surface area contributed by atoms with E-state index in [0.29, 0.717) is 29.2 Å². The normalized spacial score (nSPS) is 14.6. The lowest BCUT2D eigenvalue weighted by molar-refractivity contribution is -0.122. The molecular weight excluding hydrogens is 528 g/mol. The standard InChI is InChI=1S/C32H27ClN2O5/c1-4-21-9-6-8-12-27(21)35-31(37)24(30(36)34-32(35)38)15-20-16-26(33)29(28(17-20)39-3)40-18-25-19(2)13-14-22-10-5-7-11-23(22)25/h5-17H,4,18H2,1-3H3,(H,34,36,38)/b24-15-. The summed E-state index contributed by atoms with van der Waals surface area (Å²) in [5.41, 5.74) is 3.57. The molecule has 202 valence electrons. The predicted octanol–water partition coefficient (Wildman–Crippen LogP) is 6.62. The van der Waals surface area contributed by atoms with Gasteiger partial charge in [0.2, 0.25) is 0 Å². The summed E-state index contributed by atoms with van der Waals surface area (Å²) in [6, 6.07) is 21.7. The van der Waals surface area contributed by atoms with Gasteiger partial charge in [-0.1, -0.05) is 73.1 Å². The SMILES string of the molecule is CCc1ccccc1N1C(=O)NC(=O)/C(=C/c2cc(Cl)c(OCc3c(C)ccc4ccccc34)c(OC)c2)C1=O. The van der Waals surface area contributed by atoms with E-state index in [1.54, 1.807) is 24.3 Å². The lowest BCUT2D eigenvalue weighted by Crippen LogP contribution is -2.54. The molecule has 1 fully saturated rings. The Labute approximate surface area is 237 Å². The molecule has 0 spiro atoms. The second kappa shape index (κ2) is 11.2. The second-order valence-corrected chi connectivity index (χ2v) is 9.75. The quantitative estimate of drug-likeness (QED) is 0.205. The molecule has 1 saturated heterocycles. The smallest absolute Gasteiger partial charge is 0.335 e. The first-order valence-corrected chi connectivity index (χ1v) is 13.2. The van der Waals surface area contributed by atoms with E-state index >= 15 is 0 Å². The van der Waals surface area contributed by atoms with Gasteiger partial charge in [0.1, 0.15) is 12.2 Å². The van der Waals surface area contributed by atoms with Crippen LogP contribution in [0.1, 0.15) is 29.2 Å². The third kappa shape index (κ3) is 5.03. The molecule has 0 atom stereocenters. The third-order valence-corrected chi connectivity index (χ3v) is 7.19. The summed E-state index contributed by atoms with van der Waals surface area (Å²) in [6.45, 7) is 4.21. The van der Waals surface area contributed by atoms with Crippen LogP contribution < -0.4 is 19.7 Å². The third-order valence-electron chi connectivity index (χ3n) is 6.91. The number of anilines is 1. The summed E-state index contributed by atoms with van der Waals surface area (Å²) < 4.78 is 11.7. The fraction of sp³-hybridized carbons (Fsp3) is 0.156. The van der Waals surface area contributed by atoms with Gasteiger partial charge < -0.3 is 9.47 Å². The Kier molecular flexibility index (Phi) is 7.58. The molecule has 4 aromatic rings. The van der Waals surface area contributed by atoms with Gasteiger partial charge in [0.15, 0.2) is 11.5 Å². The predicted molar refractivity (Wildman–Crippen MR) is 156 cm³/mol. The number of fused-ring (bicyclic) bond motifs is 1. The van der Waals surface area contributed by atoms with Gasteiger partial charge in [-0.25, -0.2) is 9.69 Å². The maximum absolute atomic E-state index is 13.4. The van der Waals surface area contributed by atoms with Gasteiger partial charge in [0.25, 0.3) is 11.8 Å². The van der Waals surface area contributed by atoms with Crippen LogP contribution in [0.2, 0.25) is 5.02 Å². The molecule has 0 aromatic heterocycles. The molecule has 5 rings (SSSR count). The molecule has 1 aliphatic rings. The molecule has 0 bridgehead atoms. The Morgan fingerprint density at radius 3 is 2.50 bits per heavy atom. The highest BCUT2D eigenvalue weighted by Gasteiger charge is 2.37. The number of barbiturate groups is 1. The zero-order chi connectivity index (χ0) is 28.4. The number of aryl methyl sites for hydroxylation is 2. The summed E-state index contributed by atoms with van der Waals surface area (Å²) >= 11 is 6.63. The van der Waals surface area contributed by atoms with Crippen LogP contribution in [0.3, 0.4) is 0 Å². The first kappa shape index (κ1) is 27.0. The van der Waals surface area contributed by atoms with Crippen LogP contribution in [0.5, 0.6) is 11.5 Å². The van der Waals surface area contributed by atoms with Crippen molar-refractivity contribution in [3.8, 4) is 11.5 Å². The number of methoxy groups -OCH3 is 1. The van der Waals surface area contributed by atoms with E-state index in [2.05, 4.69) is 11.4 Å². The molecule has 8 heteroatoms. The fourth-order valence-corrected chi connectivity index (χ4v) is 5.09. The molecule has 0 aliphatic carbocycles. The molecule has 0 unspecified atom stereocenters. The zero-order valence-electron chi connectivity index (χ0n) is 22.3. The summed E-state index contributed by atoms with van der Waals surface area (Å²) in [5.74, 6) is -0.838. The van der Waals surface area contributed by atoms with E-state index in [1.165, 1.54) is 13.2 Å². The molecule has 40 heavy (non-hydrogen) atoms. The van der Waals surface area contributed by atoms with Crippen molar-refractivity contribution in [3.63, 3.8) is 0 Å². The molecule has 1 aliphatic heterocycles. The molecule has 0 radical (unpaired) electrons. The van der Waals surface area contributed by atoms with Crippen LogP contribution in [0.15, 0.2) is 78.4 Å². The van der Waals surface area contributed by atoms with Gasteiger partial charge in [-0.05, 0) is 65.1 Å². The van der Waals surface area contributed by atoms with Crippen molar-refractivity contribution in [2.75, 3.05) is 12.0 Å². The maximum atomic E-state index is 13.4. The number of para-hydroxylation sites is 1. The summed E-state index contributed by atoms with van der Waals surface area (Å²) in [5, 5.41) is 4.71. The molecular formula is C32H27ClN2O5. The largest absolute Gasteiger partial charge is 0.493 e. The zero-order valence-corrected chi connectivity index (χ0v) is 23.0. The minimum absolute atomic E-state index is 0.205. The topological polar surface area (TPSA) is 84.9 Å². The number of benzene rings is 4. The lowest BCUT2D eigenvalue weighted by Gasteiger charge is -2.28. The molecule has 1 N–H and O–H groups in total. The molecule has 4 aromatic carbocycles. The van der Waals surface area contributed by atoms with Gasteiger partial charge in [-0.3, -0.25) is 14.9 Å². The van der Waals surface area contributed by atoms with Crippen molar-refractivity contribution in [1.82, 2.24) is 5.32 Å². The van der Waals surface area contributed by atoms with E-state index in [-0.39, 0.29) is 17.2 Å². The minimum atomic E-state index is -0.795. The minimum Gasteiger partial charge on any atom is -0.493 e. The van der Waals surface area contributed by atoms with Crippen molar-refractivity contribution in [2.24, 2.45) is 0 Å². The van der Waals surface area contributed by atoms with Crippen molar-refractivity contribution in [1.29, 1.82) is 0 Å². The van der Waals surface area contributed by atoms with Crippen LogP contribution in [0.4, 0.5) is 10.5 Å². The maximum Gasteiger partial charge on any atom is 0.335 e. The fourth-order valence-electron chi connectivity index (χ4n) is 4.81. The summed E-state index contributed by atoms with van der Waals surface area (Å²) in [6.07, 6.45) is 1.99. The Bertz CT molecular complexity index is 1690. The lowest BCUT2D eigenvalue weighted by atomic mass is 10.0. The van der Waals surface area contributed by atoms with Gasteiger partial charge in [0, 0.05) is 5.56 Å². The van der Waals surface area contributed by atoms with Crippen LogP contribution in [0.25, 0.3) is 16.8 Å². The van der Waals surface area contributed by atoms with Crippen molar-refractivity contribution in [3.05, 3.63) is 106 Å². The number of urea groups is 1. The van der Waals surface area contributed by atoms with E-state index in [1.807, 2.05) is 56.3 Å². The number of amides is 4. The van der Waals surface area contributed by atoms with E-state index < -0.39 is 17.8 Å². The van der Waals surface area contributed by atoms with Gasteiger partial charge in [0.05, 0.1) is 17.8 Å². The molecule has 1 heterocycles. The van der Waals surface area contributed by atoms with Gasteiger partial charge in [-0.2, -0.15) is 0 Å². The van der Waals surface area contributed by atoms with E-state index in [0.717, 1.165) is 32.4 Å². The summed E-state index contributed by atoms with van der Waals surface area (Å²) in [4.78, 5) is 39.8. The van der Waals surface area contributed by atoms with Crippen LogP contribution >= 0.6 is 11.6 Å². The number of ether oxygens (including phenoxy) is 2. The monoisotopic (exact) mass is 554 g/mol. The van der Waals surface area contributed by atoms with Gasteiger partial charge in [-0.15, -0.1) is 0 Å². The van der Waals surface area contributed by atoms with E-state index in [9.17, 15) is 14.4 Å². The molecule has 7 nitrogen and oxygen atoms in total. The Balaban J connectivity index is 1.47. The number of nitrogens with one attached hydrogen (secondary N) is 1. The number of carbonyl (C=O) groups excluding carboxylic acids is 3. The van der Waals surface area contributed by atoms with Crippen molar-refractivity contribution in [2.45, 2.75) is 26.9 Å². The van der Waals surface area contributed by atoms with Crippen molar-refractivity contribution < 1.29 is 23.9 Å². The van der Waals surface area contributed by atoms with Crippen LogP contribution in [-0.4, -0.2) is 25.0 Å². The highest BCUT2D eigenvalue weighted by Crippen LogP contribution is 2.38. The number of imide groups is 2. The average Bonchev–Trinajstić information content (AvgIpc) is 2.95.